The van der Waals surface area contributed by atoms with Gasteiger partial charge in [0.15, 0.2) is 6.10 Å². The van der Waals surface area contributed by atoms with Crippen LogP contribution in [0, 0.1) is 5.82 Å². The summed E-state index contributed by atoms with van der Waals surface area (Å²) >= 11 is 0. The van der Waals surface area contributed by atoms with Crippen LogP contribution in [0.4, 0.5) is 4.39 Å². The van der Waals surface area contributed by atoms with Crippen LogP contribution in [0.2, 0.25) is 0 Å². The smallest absolute Gasteiger partial charge is 0.251 e. The summed E-state index contributed by atoms with van der Waals surface area (Å²) in [5.74, 6) is -0.999. The zero-order chi connectivity index (χ0) is 15.0. The lowest BCUT2D eigenvalue weighted by Gasteiger charge is -2.38. The molecular formula is C15H17FN2O3. The molecule has 1 N–H and O–H groups in total. The maximum Gasteiger partial charge on any atom is 0.251 e. The minimum atomic E-state index is -0.884. The number of hydrogen-bond donors (Lipinski definition) is 1. The number of rotatable bonds is 3. The number of amides is 2. The summed E-state index contributed by atoms with van der Waals surface area (Å²) in [5.41, 5.74) is 0.295. The largest absolute Gasteiger partial charge is 0.356 e. The van der Waals surface area contributed by atoms with Crippen LogP contribution in [0.3, 0.4) is 0 Å². The molecule has 0 bridgehead atoms. The Labute approximate surface area is 122 Å². The minimum absolute atomic E-state index is 0.162. The van der Waals surface area contributed by atoms with E-state index in [1.165, 1.54) is 11.0 Å². The average Bonchev–Trinajstić information content (AvgIpc) is 3.26. The second-order valence-corrected chi connectivity index (χ2v) is 5.49. The number of ether oxygens (including phenoxy) is 1. The van der Waals surface area contributed by atoms with Crippen LogP contribution in [-0.4, -0.2) is 42.5 Å². The van der Waals surface area contributed by atoms with Crippen LogP contribution in [0.1, 0.15) is 24.4 Å². The van der Waals surface area contributed by atoms with E-state index in [2.05, 4.69) is 5.32 Å². The van der Waals surface area contributed by atoms with Gasteiger partial charge >= 0.3 is 0 Å². The van der Waals surface area contributed by atoms with Crippen LogP contribution in [0.25, 0.3) is 0 Å². The number of carbonyl (C=O) groups is 2. The summed E-state index contributed by atoms with van der Waals surface area (Å²) in [7, 11) is 1.57. The predicted octanol–water partition coefficient (Wildman–Crippen LogP) is 1.00. The molecule has 2 fully saturated rings. The third-order valence-corrected chi connectivity index (χ3v) is 3.89. The second-order valence-electron chi connectivity index (χ2n) is 5.49. The fraction of sp³-hybridized carbons (Fsp3) is 0.467. The van der Waals surface area contributed by atoms with Gasteiger partial charge in [0.2, 0.25) is 5.91 Å². The van der Waals surface area contributed by atoms with Gasteiger partial charge in [0.05, 0.1) is 6.04 Å². The molecule has 2 atom stereocenters. The maximum atomic E-state index is 14.1. The van der Waals surface area contributed by atoms with E-state index in [1.807, 2.05) is 0 Å². The molecule has 2 aliphatic rings. The van der Waals surface area contributed by atoms with Crippen molar-refractivity contribution in [2.45, 2.75) is 31.0 Å². The molecule has 1 saturated heterocycles. The molecule has 5 nitrogen and oxygen atoms in total. The first-order chi connectivity index (χ1) is 10.1. The lowest BCUT2D eigenvalue weighted by Crippen LogP contribution is -2.53. The van der Waals surface area contributed by atoms with Crippen molar-refractivity contribution in [3.63, 3.8) is 0 Å². The van der Waals surface area contributed by atoms with E-state index in [4.69, 9.17) is 4.74 Å². The van der Waals surface area contributed by atoms with E-state index in [9.17, 15) is 14.0 Å². The van der Waals surface area contributed by atoms with Gasteiger partial charge in [0.1, 0.15) is 12.4 Å². The highest BCUT2D eigenvalue weighted by Crippen LogP contribution is 2.31. The number of carbonyl (C=O) groups excluding carboxylic acids is 2. The normalized spacial score (nSPS) is 25.8. The highest BCUT2D eigenvalue weighted by Gasteiger charge is 2.42. The molecule has 1 saturated carbocycles. The monoisotopic (exact) mass is 292 g/mol. The predicted molar refractivity (Wildman–Crippen MR) is 72.8 cm³/mol. The molecule has 0 radical (unpaired) electrons. The highest BCUT2D eigenvalue weighted by molar-refractivity contribution is 5.86. The van der Waals surface area contributed by atoms with Gasteiger partial charge in [-0.25, -0.2) is 4.39 Å². The van der Waals surface area contributed by atoms with Crippen molar-refractivity contribution < 1.29 is 18.7 Å². The number of likely N-dealkylation sites (N-methyl/N-ethyl adjacent to an activating group) is 1. The third kappa shape index (κ3) is 2.76. The zero-order valence-electron chi connectivity index (χ0n) is 11.7. The highest BCUT2D eigenvalue weighted by atomic mass is 19.1. The Bertz CT molecular complexity index is 574. The van der Waals surface area contributed by atoms with Crippen LogP contribution < -0.4 is 5.32 Å². The van der Waals surface area contributed by atoms with Crippen LogP contribution in [-0.2, 0) is 14.3 Å². The topological polar surface area (TPSA) is 58.6 Å². The van der Waals surface area contributed by atoms with E-state index in [0.717, 1.165) is 12.8 Å². The maximum absolute atomic E-state index is 14.1. The molecule has 3 rings (SSSR count). The first-order valence-corrected chi connectivity index (χ1v) is 7.00. The minimum Gasteiger partial charge on any atom is -0.356 e. The van der Waals surface area contributed by atoms with Gasteiger partial charge < -0.3 is 15.0 Å². The lowest BCUT2D eigenvalue weighted by molar-refractivity contribution is -0.162. The van der Waals surface area contributed by atoms with Crippen molar-refractivity contribution in [1.29, 1.82) is 0 Å². The SMILES string of the molecule is CN1C(=O)CO[C@@H](C(=O)NC2CC2)[C@H]1c1ccccc1F. The van der Waals surface area contributed by atoms with Crippen molar-refractivity contribution >= 4 is 11.8 Å². The molecule has 1 aliphatic carbocycles. The van der Waals surface area contributed by atoms with Crippen LogP contribution >= 0.6 is 0 Å². The van der Waals surface area contributed by atoms with Gasteiger partial charge in [-0.15, -0.1) is 0 Å². The Morgan fingerprint density at radius 2 is 2.10 bits per heavy atom. The van der Waals surface area contributed by atoms with E-state index < -0.39 is 18.0 Å². The summed E-state index contributed by atoms with van der Waals surface area (Å²) in [6, 6.07) is 5.59. The summed E-state index contributed by atoms with van der Waals surface area (Å²) < 4.78 is 19.5. The molecule has 1 aliphatic heterocycles. The van der Waals surface area contributed by atoms with Gasteiger partial charge in [-0.2, -0.15) is 0 Å². The van der Waals surface area contributed by atoms with Gasteiger partial charge in [-0.1, -0.05) is 18.2 Å². The molecule has 0 spiro atoms. The summed E-state index contributed by atoms with van der Waals surface area (Å²) in [6.07, 6.45) is 1.03. The Morgan fingerprint density at radius 3 is 2.76 bits per heavy atom. The summed E-state index contributed by atoms with van der Waals surface area (Å²) in [4.78, 5) is 25.5. The summed E-state index contributed by atoms with van der Waals surface area (Å²) in [5, 5.41) is 2.85. The van der Waals surface area contributed by atoms with E-state index in [-0.39, 0.29) is 24.5 Å². The molecular weight excluding hydrogens is 275 g/mol. The van der Waals surface area contributed by atoms with Crippen LogP contribution in [0.15, 0.2) is 24.3 Å². The lowest BCUT2D eigenvalue weighted by atomic mass is 9.97. The molecule has 1 aromatic rings. The quantitative estimate of drug-likeness (QED) is 0.904. The Kier molecular flexibility index (Phi) is 3.63. The van der Waals surface area contributed by atoms with E-state index in [1.54, 1.807) is 25.2 Å². The molecule has 112 valence electrons. The van der Waals surface area contributed by atoms with Gasteiger partial charge in [-0.05, 0) is 18.9 Å². The van der Waals surface area contributed by atoms with E-state index >= 15 is 0 Å². The molecule has 2 amide bonds. The fourth-order valence-electron chi connectivity index (χ4n) is 2.53. The number of nitrogens with zero attached hydrogens (tertiary/aromatic N) is 1. The summed E-state index contributed by atoms with van der Waals surface area (Å²) in [6.45, 7) is -0.162. The molecule has 6 heteroatoms. The van der Waals surface area contributed by atoms with Gasteiger partial charge in [-0.3, -0.25) is 9.59 Å². The van der Waals surface area contributed by atoms with Gasteiger partial charge in [0.25, 0.3) is 5.91 Å². The molecule has 1 aromatic carbocycles. The fourth-order valence-corrected chi connectivity index (χ4v) is 2.53. The first-order valence-electron chi connectivity index (χ1n) is 7.00. The van der Waals surface area contributed by atoms with Crippen molar-refractivity contribution in [2.24, 2.45) is 0 Å². The van der Waals surface area contributed by atoms with Crippen molar-refractivity contribution in [3.05, 3.63) is 35.6 Å². The number of nitrogens with one attached hydrogen (secondary N) is 1. The standard InChI is InChI=1S/C15H17FN2O3/c1-18-12(19)8-21-14(15(20)17-9-6-7-9)13(18)10-4-2-3-5-11(10)16/h2-5,9,13-14H,6-8H2,1H3,(H,17,20)/t13-,14-/m1/s1. The Morgan fingerprint density at radius 1 is 1.38 bits per heavy atom. The Hall–Kier alpha value is -1.95. The zero-order valence-corrected chi connectivity index (χ0v) is 11.7. The second kappa shape index (κ2) is 5.44. The van der Waals surface area contributed by atoms with Crippen molar-refractivity contribution in [2.75, 3.05) is 13.7 Å². The number of hydrogen-bond acceptors (Lipinski definition) is 3. The van der Waals surface area contributed by atoms with Crippen LogP contribution in [0.5, 0.6) is 0 Å². The molecule has 1 heterocycles. The molecule has 0 aromatic heterocycles. The van der Waals surface area contributed by atoms with E-state index in [0.29, 0.717) is 5.56 Å². The number of halogens is 1. The number of morpholine rings is 1. The number of benzene rings is 1. The third-order valence-electron chi connectivity index (χ3n) is 3.89. The molecule has 0 unspecified atom stereocenters. The molecule has 21 heavy (non-hydrogen) atoms. The van der Waals surface area contributed by atoms with Crippen molar-refractivity contribution in [1.82, 2.24) is 10.2 Å². The van der Waals surface area contributed by atoms with Gasteiger partial charge in [0, 0.05) is 18.7 Å². The first kappa shape index (κ1) is 14.0. The Balaban J connectivity index is 1.91. The van der Waals surface area contributed by atoms with Crippen molar-refractivity contribution in [3.8, 4) is 0 Å². The average molecular weight is 292 g/mol.